The van der Waals surface area contributed by atoms with E-state index >= 15 is 0 Å². The lowest BCUT2D eigenvalue weighted by atomic mass is 9.99. The van der Waals surface area contributed by atoms with Crippen molar-refractivity contribution in [2.24, 2.45) is 0 Å². The zero-order valence-corrected chi connectivity index (χ0v) is 25.2. The average molecular weight is 699 g/mol. The van der Waals surface area contributed by atoms with E-state index in [1.807, 2.05) is 0 Å². The molecule has 6 N–H and O–H groups in total. The van der Waals surface area contributed by atoms with Crippen LogP contribution >= 0.6 is 12.0 Å². The van der Waals surface area contributed by atoms with Crippen LogP contribution in [0.3, 0.4) is 0 Å². The Balaban J connectivity index is 1.72. The van der Waals surface area contributed by atoms with Crippen LogP contribution in [0.2, 0.25) is 0 Å². The van der Waals surface area contributed by atoms with Gasteiger partial charge in [-0.05, 0) is 48.5 Å². The van der Waals surface area contributed by atoms with Crippen LogP contribution in [0.4, 0.5) is 0 Å². The van der Waals surface area contributed by atoms with E-state index in [1.165, 1.54) is 18.2 Å². The van der Waals surface area contributed by atoms with Crippen LogP contribution in [0.1, 0.15) is 0 Å². The maximum atomic E-state index is 13.9. The number of hydrogen-bond donors (Lipinski definition) is 6. The van der Waals surface area contributed by atoms with Crippen LogP contribution in [0.15, 0.2) is 82.4 Å². The molecule has 1 heterocycles. The van der Waals surface area contributed by atoms with E-state index < -0.39 is 84.7 Å². The first kappa shape index (κ1) is 30.7. The van der Waals surface area contributed by atoms with Gasteiger partial charge in [0, 0.05) is 37.2 Å². The second kappa shape index (κ2) is 10.3. The maximum absolute atomic E-state index is 13.9. The van der Waals surface area contributed by atoms with Gasteiger partial charge in [-0.15, -0.1) is 4.33 Å². The number of H-pyrrole nitrogens is 2. The van der Waals surface area contributed by atoms with E-state index in [0.29, 0.717) is 12.0 Å². The largest absolute Gasteiger partial charge is 0.506 e. The van der Waals surface area contributed by atoms with E-state index in [1.54, 1.807) is 0 Å². The number of rotatable bonds is 5. The Labute approximate surface area is 262 Å². The van der Waals surface area contributed by atoms with Gasteiger partial charge in [-0.2, -0.15) is 16.8 Å². The van der Waals surface area contributed by atoms with Crippen molar-refractivity contribution < 1.29 is 45.7 Å². The summed E-state index contributed by atoms with van der Waals surface area (Å²) in [5.74, 6) is -0.656. The fourth-order valence-electron chi connectivity index (χ4n) is 5.76. The first-order valence-electron chi connectivity index (χ1n) is 12.8. The molecule has 47 heavy (non-hydrogen) atoms. The van der Waals surface area contributed by atoms with Crippen molar-refractivity contribution in [1.29, 1.82) is 0 Å². The summed E-state index contributed by atoms with van der Waals surface area (Å²) in [5, 5.41) is 20.5. The van der Waals surface area contributed by atoms with Crippen molar-refractivity contribution >= 4 is 97.4 Å². The molecule has 0 aliphatic rings. The van der Waals surface area contributed by atoms with Crippen molar-refractivity contribution in [3.63, 3.8) is 0 Å². The summed E-state index contributed by atoms with van der Waals surface area (Å²) in [7, 11) is -9.97. The fourth-order valence-corrected chi connectivity index (χ4v) is 7.34. The topological polar surface area (TPSA) is 268 Å². The minimum Gasteiger partial charge on any atom is -0.506 e. The molecule has 16 nitrogen and oxygen atoms in total. The van der Waals surface area contributed by atoms with Crippen LogP contribution in [-0.4, -0.2) is 46.3 Å². The molecule has 1 aromatic heterocycles. The second-order valence-corrected chi connectivity index (χ2v) is 13.9. The molecule has 19 heteroatoms. The third-order valence-corrected chi connectivity index (χ3v) is 10.0. The lowest BCUT2D eigenvalue weighted by molar-refractivity contribution is -0.432. The van der Waals surface area contributed by atoms with Gasteiger partial charge in [-0.1, -0.05) is 5.04 Å². The van der Waals surface area contributed by atoms with Crippen molar-refractivity contribution in [1.82, 2.24) is 9.97 Å². The summed E-state index contributed by atoms with van der Waals surface area (Å²) >= 11 is 0.500. The Morgan fingerprint density at radius 1 is 0.596 bits per heavy atom. The normalized spacial score (nSPS) is 12.7. The van der Waals surface area contributed by atoms with Crippen molar-refractivity contribution in [2.45, 2.75) is 14.7 Å². The van der Waals surface area contributed by atoms with Crippen molar-refractivity contribution in [3.05, 3.63) is 89.4 Å². The molecule has 6 aromatic carbocycles. The molecule has 0 amide bonds. The molecule has 0 unspecified atom stereocenters. The van der Waals surface area contributed by atoms with E-state index in [-0.39, 0.29) is 42.9 Å². The highest BCUT2D eigenvalue weighted by molar-refractivity contribution is 7.94. The van der Waals surface area contributed by atoms with Crippen molar-refractivity contribution in [2.75, 3.05) is 0 Å². The summed E-state index contributed by atoms with van der Waals surface area (Å²) in [4.78, 5) is 58.6. The molecule has 0 aliphatic carbocycles. The molecule has 7 rings (SSSR count). The fraction of sp³-hybridized carbons (Fsp3) is 0. The van der Waals surface area contributed by atoms with Gasteiger partial charge in [-0.3, -0.25) is 28.3 Å². The van der Waals surface area contributed by atoms with Crippen LogP contribution in [-0.2, 0) is 29.6 Å². The van der Waals surface area contributed by atoms with Gasteiger partial charge in [-0.25, -0.2) is 5.26 Å². The molecule has 0 spiro atoms. The number of nitrogens with one attached hydrogen (secondary N) is 2. The highest BCUT2D eigenvalue weighted by atomic mass is 32.2. The van der Waals surface area contributed by atoms with Crippen molar-refractivity contribution in [3.8, 4) is 5.75 Å². The van der Waals surface area contributed by atoms with Gasteiger partial charge in [0.05, 0.1) is 44.3 Å². The number of aromatic amines is 2. The third-order valence-electron chi connectivity index (χ3n) is 7.74. The van der Waals surface area contributed by atoms with Gasteiger partial charge >= 0.3 is 0 Å². The standard InChI is InChI=1S/C28H14N2O14S3/c31-17-7-15-19(28(35)14-6-10(46(37,38)39)2-4-12(14)25(15)32)23-21(17)29-24-20-16(8-18(22(24)30-23)47(40,41)42)26(33)11-3-1-9(45-44-43-36)5-13(11)27(20)34/h1-8,29-31,36H,(H,37,38,39)(H,40,41,42). The Kier molecular flexibility index (Phi) is 6.69. The van der Waals surface area contributed by atoms with Crippen LogP contribution in [0.5, 0.6) is 5.75 Å². The van der Waals surface area contributed by atoms with E-state index in [9.17, 15) is 50.2 Å². The minimum absolute atomic E-state index is 0.133. The third kappa shape index (κ3) is 4.56. The number of phenolic OH excluding ortho intramolecular Hbond substituents is 1. The second-order valence-electron chi connectivity index (χ2n) is 10.3. The van der Waals surface area contributed by atoms with Gasteiger partial charge in [0.2, 0.25) is 0 Å². The highest BCUT2D eigenvalue weighted by Crippen LogP contribution is 2.35. The molecular weight excluding hydrogens is 685 g/mol. The predicted octanol–water partition coefficient (Wildman–Crippen LogP) is 2.77. The number of phenols is 1. The average Bonchev–Trinajstić information content (AvgIpc) is 3.02. The monoisotopic (exact) mass is 698 g/mol. The summed E-state index contributed by atoms with van der Waals surface area (Å²) in [5.41, 5.74) is -5.06. The molecule has 0 saturated heterocycles. The number of hydrogen-bond acceptors (Lipinski definition) is 13. The molecule has 0 atom stereocenters. The van der Waals surface area contributed by atoms with Gasteiger partial charge < -0.3 is 15.1 Å². The first-order chi connectivity index (χ1) is 22.1. The smallest absolute Gasteiger partial charge is 0.296 e. The Hall–Kier alpha value is -4.99. The lowest BCUT2D eigenvalue weighted by Gasteiger charge is -2.14. The number of aromatic hydroxyl groups is 1. The molecule has 0 saturated carbocycles. The Morgan fingerprint density at radius 2 is 1.15 bits per heavy atom. The molecule has 0 aliphatic heterocycles. The molecule has 7 aromatic rings. The Morgan fingerprint density at radius 3 is 1.74 bits per heavy atom. The Bertz CT molecular complexity index is 3050. The SMILES string of the molecule is O=c1c2ccc(S(=O)(=O)O)cc2c(=O)c2c1cc(O)c1[nH]c3c([nH]c12)c(S(=O)(=O)O)cc1c(=O)c2ccc(SOOO)cc2c(=O)c13. The summed E-state index contributed by atoms with van der Waals surface area (Å²) in [6, 6.07) is 8.24. The first-order valence-corrected chi connectivity index (χ1v) is 16.5. The molecule has 238 valence electrons. The summed E-state index contributed by atoms with van der Waals surface area (Å²) < 4.78 is 72.9. The summed E-state index contributed by atoms with van der Waals surface area (Å²) in [6.45, 7) is 0. The predicted molar refractivity (Wildman–Crippen MR) is 168 cm³/mol. The lowest BCUT2D eigenvalue weighted by Crippen LogP contribution is -2.16. The van der Waals surface area contributed by atoms with E-state index in [0.717, 1.165) is 30.3 Å². The molecule has 0 bridgehead atoms. The molecule has 0 fully saturated rings. The zero-order valence-electron chi connectivity index (χ0n) is 22.7. The maximum Gasteiger partial charge on any atom is 0.296 e. The summed E-state index contributed by atoms with van der Waals surface area (Å²) in [6.07, 6.45) is 0. The van der Waals surface area contributed by atoms with E-state index in [4.69, 9.17) is 5.26 Å². The van der Waals surface area contributed by atoms with Gasteiger partial charge in [0.25, 0.3) is 20.2 Å². The zero-order chi connectivity index (χ0) is 33.7. The van der Waals surface area contributed by atoms with Gasteiger partial charge in [0.15, 0.2) is 21.7 Å². The quantitative estimate of drug-likeness (QED) is 0.0377. The van der Waals surface area contributed by atoms with Crippen LogP contribution in [0, 0.1) is 0 Å². The van der Waals surface area contributed by atoms with Gasteiger partial charge in [0.1, 0.15) is 16.2 Å². The number of fused-ring (bicyclic) bond motifs is 8. The van der Waals surface area contributed by atoms with Crippen LogP contribution in [0.25, 0.3) is 65.2 Å². The molecular formula is C28H14N2O14S3. The van der Waals surface area contributed by atoms with Crippen LogP contribution < -0.4 is 21.7 Å². The highest BCUT2D eigenvalue weighted by Gasteiger charge is 2.25. The van der Waals surface area contributed by atoms with E-state index in [2.05, 4.69) is 19.3 Å². The number of benzene rings is 6. The minimum atomic E-state index is -5.17. The number of aromatic nitrogens is 2. The molecule has 0 radical (unpaired) electrons.